The topological polar surface area (TPSA) is 65.1 Å². The normalized spacial score (nSPS) is 19.2. The highest BCUT2D eigenvalue weighted by atomic mass is 16.6. The molecule has 1 atom stereocenters. The number of hydrogen-bond donors (Lipinski definition) is 0. The van der Waals surface area contributed by atoms with Gasteiger partial charge in [-0.2, -0.15) is 0 Å². The van der Waals surface area contributed by atoms with E-state index in [-0.39, 0.29) is 25.2 Å². The number of hydrogen-bond acceptors (Lipinski definition) is 5. The van der Waals surface area contributed by atoms with Crippen molar-refractivity contribution in [2.45, 2.75) is 20.0 Å². The molecule has 5 heteroatoms. The lowest BCUT2D eigenvalue weighted by molar-refractivity contribution is -0.160. The van der Waals surface area contributed by atoms with Crippen molar-refractivity contribution in [3.05, 3.63) is 0 Å². The lowest BCUT2D eigenvalue weighted by Gasteiger charge is -2.06. The van der Waals surface area contributed by atoms with Crippen molar-refractivity contribution in [3.8, 4) is 0 Å². The van der Waals surface area contributed by atoms with Crippen LogP contribution in [0.5, 0.6) is 0 Å². The first kappa shape index (κ1) is 11.0. The zero-order valence-electron chi connectivity index (χ0n) is 8.32. The van der Waals surface area contributed by atoms with Gasteiger partial charge in [-0.05, 0) is 0 Å². The number of epoxide rings is 1. The van der Waals surface area contributed by atoms with Crippen LogP contribution in [0.3, 0.4) is 0 Å². The molecule has 1 unspecified atom stereocenters. The second-order valence-corrected chi connectivity index (χ2v) is 3.40. The lowest BCUT2D eigenvalue weighted by Crippen LogP contribution is -2.20. The Morgan fingerprint density at radius 3 is 2.57 bits per heavy atom. The van der Waals surface area contributed by atoms with Crippen molar-refractivity contribution >= 4 is 11.9 Å². The Bertz CT molecular complexity index is 219. The van der Waals surface area contributed by atoms with Crippen LogP contribution in [0.2, 0.25) is 0 Å². The molecule has 80 valence electrons. The zero-order chi connectivity index (χ0) is 10.6. The van der Waals surface area contributed by atoms with E-state index in [2.05, 4.69) is 4.74 Å². The molecule has 1 aliphatic rings. The molecule has 0 N–H and O–H groups in total. The van der Waals surface area contributed by atoms with Crippen molar-refractivity contribution in [3.63, 3.8) is 0 Å². The van der Waals surface area contributed by atoms with Gasteiger partial charge < -0.3 is 14.2 Å². The second kappa shape index (κ2) is 4.95. The molecule has 0 radical (unpaired) electrons. The third kappa shape index (κ3) is 4.23. The van der Waals surface area contributed by atoms with Gasteiger partial charge in [0.05, 0.1) is 12.5 Å². The van der Waals surface area contributed by atoms with Gasteiger partial charge in [-0.3, -0.25) is 4.79 Å². The third-order valence-electron chi connectivity index (χ3n) is 1.64. The number of carbonyl (C=O) groups excluding carboxylic acids is 2. The molecule has 0 bridgehead atoms. The van der Waals surface area contributed by atoms with Crippen molar-refractivity contribution in [1.29, 1.82) is 0 Å². The molecular weight excluding hydrogens is 188 g/mol. The molecule has 1 fully saturated rings. The van der Waals surface area contributed by atoms with Crippen LogP contribution in [-0.4, -0.2) is 37.9 Å². The van der Waals surface area contributed by atoms with E-state index in [1.165, 1.54) is 0 Å². The van der Waals surface area contributed by atoms with Crippen LogP contribution in [0.4, 0.5) is 0 Å². The van der Waals surface area contributed by atoms with Crippen LogP contribution >= 0.6 is 0 Å². The summed E-state index contributed by atoms with van der Waals surface area (Å²) < 4.78 is 14.3. The molecule has 1 aliphatic heterocycles. The minimum Gasteiger partial charge on any atom is -0.460 e. The standard InChI is InChI=1S/C9H14O5/c1-6(2)9(11)14-5-8(10)13-4-7-3-12-7/h6-7H,3-5H2,1-2H3. The Hall–Kier alpha value is -1.10. The predicted molar refractivity (Wildman–Crippen MR) is 46.5 cm³/mol. The van der Waals surface area contributed by atoms with Gasteiger partial charge in [-0.1, -0.05) is 13.8 Å². The SMILES string of the molecule is CC(C)C(=O)OCC(=O)OCC1CO1. The van der Waals surface area contributed by atoms with Crippen LogP contribution in [0.25, 0.3) is 0 Å². The first-order valence-corrected chi connectivity index (χ1v) is 4.53. The molecule has 0 aromatic carbocycles. The Labute approximate surface area is 82.3 Å². The van der Waals surface area contributed by atoms with Gasteiger partial charge >= 0.3 is 11.9 Å². The smallest absolute Gasteiger partial charge is 0.344 e. The van der Waals surface area contributed by atoms with Gasteiger partial charge in [0.1, 0.15) is 12.7 Å². The predicted octanol–water partition coefficient (Wildman–Crippen LogP) is 0.128. The molecule has 1 rings (SSSR count). The van der Waals surface area contributed by atoms with E-state index in [1.54, 1.807) is 13.8 Å². The van der Waals surface area contributed by atoms with E-state index in [4.69, 9.17) is 9.47 Å². The minimum atomic E-state index is -0.533. The molecule has 1 heterocycles. The Kier molecular flexibility index (Phi) is 3.88. The van der Waals surface area contributed by atoms with E-state index < -0.39 is 11.9 Å². The summed E-state index contributed by atoms with van der Waals surface area (Å²) >= 11 is 0. The average Bonchev–Trinajstić information content (AvgIpc) is 2.94. The summed E-state index contributed by atoms with van der Waals surface area (Å²) in [6.45, 7) is 3.97. The largest absolute Gasteiger partial charge is 0.460 e. The minimum absolute atomic E-state index is 0.0414. The molecule has 0 spiro atoms. The molecule has 0 aromatic rings. The molecule has 0 amide bonds. The zero-order valence-corrected chi connectivity index (χ0v) is 8.32. The Morgan fingerprint density at radius 1 is 1.43 bits per heavy atom. The maximum absolute atomic E-state index is 10.9. The highest BCUT2D eigenvalue weighted by Gasteiger charge is 2.24. The van der Waals surface area contributed by atoms with Gasteiger partial charge in [0.15, 0.2) is 6.61 Å². The third-order valence-corrected chi connectivity index (χ3v) is 1.64. The number of carbonyl (C=O) groups is 2. The van der Waals surface area contributed by atoms with Gasteiger partial charge in [0.25, 0.3) is 0 Å². The molecule has 14 heavy (non-hydrogen) atoms. The average molecular weight is 202 g/mol. The van der Waals surface area contributed by atoms with Crippen LogP contribution in [0.15, 0.2) is 0 Å². The molecular formula is C9H14O5. The Balaban J connectivity index is 2.04. The summed E-state index contributed by atoms with van der Waals surface area (Å²) in [5, 5.41) is 0. The molecule has 5 nitrogen and oxygen atoms in total. The van der Waals surface area contributed by atoms with E-state index in [0.29, 0.717) is 6.61 Å². The van der Waals surface area contributed by atoms with Crippen LogP contribution < -0.4 is 0 Å². The van der Waals surface area contributed by atoms with E-state index in [0.717, 1.165) is 0 Å². The lowest BCUT2D eigenvalue weighted by atomic mass is 10.2. The maximum atomic E-state index is 10.9. The summed E-state index contributed by atoms with van der Waals surface area (Å²) in [7, 11) is 0. The molecule has 0 aliphatic carbocycles. The van der Waals surface area contributed by atoms with Crippen LogP contribution in [0.1, 0.15) is 13.8 Å². The first-order valence-electron chi connectivity index (χ1n) is 4.53. The van der Waals surface area contributed by atoms with E-state index in [9.17, 15) is 9.59 Å². The fourth-order valence-electron chi connectivity index (χ4n) is 0.689. The van der Waals surface area contributed by atoms with Gasteiger partial charge in [0.2, 0.25) is 0 Å². The monoisotopic (exact) mass is 202 g/mol. The van der Waals surface area contributed by atoms with Gasteiger partial charge in [-0.25, -0.2) is 4.79 Å². The fourth-order valence-corrected chi connectivity index (χ4v) is 0.689. The van der Waals surface area contributed by atoms with Gasteiger partial charge in [-0.15, -0.1) is 0 Å². The summed E-state index contributed by atoms with van der Waals surface area (Å²) in [6, 6.07) is 0. The summed E-state index contributed by atoms with van der Waals surface area (Å²) in [4.78, 5) is 21.9. The molecule has 0 aromatic heterocycles. The first-order chi connectivity index (χ1) is 6.59. The summed E-state index contributed by atoms with van der Waals surface area (Å²) in [5.74, 6) is -1.16. The highest BCUT2D eigenvalue weighted by molar-refractivity contribution is 5.77. The van der Waals surface area contributed by atoms with Crippen LogP contribution in [-0.2, 0) is 23.8 Å². The summed E-state index contributed by atoms with van der Waals surface area (Å²) in [5.41, 5.74) is 0. The maximum Gasteiger partial charge on any atom is 0.344 e. The van der Waals surface area contributed by atoms with Crippen molar-refractivity contribution in [2.24, 2.45) is 5.92 Å². The molecule has 1 saturated heterocycles. The fraction of sp³-hybridized carbons (Fsp3) is 0.778. The van der Waals surface area contributed by atoms with E-state index >= 15 is 0 Å². The van der Waals surface area contributed by atoms with Gasteiger partial charge in [0, 0.05) is 0 Å². The van der Waals surface area contributed by atoms with E-state index in [1.807, 2.05) is 0 Å². The number of esters is 2. The van der Waals surface area contributed by atoms with Crippen molar-refractivity contribution in [2.75, 3.05) is 19.8 Å². The second-order valence-electron chi connectivity index (χ2n) is 3.40. The number of ether oxygens (including phenoxy) is 3. The summed E-state index contributed by atoms with van der Waals surface area (Å²) in [6.07, 6.45) is 0.0414. The van der Waals surface area contributed by atoms with Crippen molar-refractivity contribution < 1.29 is 23.8 Å². The number of rotatable bonds is 5. The quantitative estimate of drug-likeness (QED) is 0.468. The Morgan fingerprint density at radius 2 is 2.07 bits per heavy atom. The highest BCUT2D eigenvalue weighted by Crippen LogP contribution is 2.08. The van der Waals surface area contributed by atoms with Crippen LogP contribution in [0, 0.1) is 5.92 Å². The molecule has 0 saturated carbocycles. The van der Waals surface area contributed by atoms with Crippen molar-refractivity contribution in [1.82, 2.24) is 0 Å².